The van der Waals surface area contributed by atoms with Crippen molar-refractivity contribution in [3.8, 4) is 0 Å². The molecule has 0 aromatic rings. The molecule has 0 aliphatic carbocycles. The van der Waals surface area contributed by atoms with Gasteiger partial charge in [-0.15, -0.1) is 0 Å². The highest BCUT2D eigenvalue weighted by atomic mass is 35.5. The maximum Gasteiger partial charge on any atom is 0.510 e. The zero-order chi connectivity index (χ0) is 11.0. The summed E-state index contributed by atoms with van der Waals surface area (Å²) in [4.78, 5) is 11.0. The van der Waals surface area contributed by atoms with E-state index in [0.29, 0.717) is 0 Å². The lowest BCUT2D eigenvalue weighted by Gasteiger charge is -2.16. The van der Waals surface area contributed by atoms with Gasteiger partial charge >= 0.3 is 6.16 Å². The SMILES string of the molecule is COCC(COC)OC(=O)OC(C)Cl. The van der Waals surface area contributed by atoms with Crippen molar-refractivity contribution < 1.29 is 23.7 Å². The first-order valence-corrected chi connectivity index (χ1v) is 4.53. The van der Waals surface area contributed by atoms with Crippen molar-refractivity contribution in [3.63, 3.8) is 0 Å². The number of alkyl halides is 1. The summed E-state index contributed by atoms with van der Waals surface area (Å²) in [5, 5.41) is 0. The van der Waals surface area contributed by atoms with Crippen molar-refractivity contribution >= 4 is 17.8 Å². The van der Waals surface area contributed by atoms with Gasteiger partial charge in [0.1, 0.15) is 0 Å². The second-order valence-electron chi connectivity index (χ2n) is 2.56. The summed E-state index contributed by atoms with van der Waals surface area (Å²) in [6.07, 6.45) is -1.31. The smallest absolute Gasteiger partial charge is 0.426 e. The fourth-order valence-corrected chi connectivity index (χ4v) is 0.857. The van der Waals surface area contributed by atoms with Crippen molar-refractivity contribution in [2.75, 3.05) is 27.4 Å². The third-order valence-corrected chi connectivity index (χ3v) is 1.32. The molecule has 0 aromatic carbocycles. The Hall–Kier alpha value is -0.520. The Kier molecular flexibility index (Phi) is 7.55. The summed E-state index contributed by atoms with van der Waals surface area (Å²) in [7, 11) is 3.00. The van der Waals surface area contributed by atoms with E-state index in [1.165, 1.54) is 21.1 Å². The molecule has 1 atom stereocenters. The Balaban J connectivity index is 3.82. The van der Waals surface area contributed by atoms with E-state index in [4.69, 9.17) is 25.8 Å². The van der Waals surface area contributed by atoms with Gasteiger partial charge in [-0.2, -0.15) is 0 Å². The number of halogens is 1. The zero-order valence-corrected chi connectivity index (χ0v) is 9.24. The van der Waals surface area contributed by atoms with Crippen LogP contribution in [0.25, 0.3) is 0 Å². The van der Waals surface area contributed by atoms with Gasteiger partial charge in [0.05, 0.1) is 13.2 Å². The van der Waals surface area contributed by atoms with Gasteiger partial charge in [0.25, 0.3) is 0 Å². The molecule has 0 aromatic heterocycles. The van der Waals surface area contributed by atoms with Crippen LogP contribution in [0.4, 0.5) is 4.79 Å². The first-order chi connectivity index (χ1) is 6.60. The van der Waals surface area contributed by atoms with Crippen molar-refractivity contribution in [2.24, 2.45) is 0 Å². The second-order valence-corrected chi connectivity index (χ2v) is 3.18. The standard InChI is InChI=1S/C8H15ClO5/c1-6(9)13-8(10)14-7(4-11-2)5-12-3/h6-7H,4-5H2,1-3H3. The van der Waals surface area contributed by atoms with Gasteiger partial charge in [-0.1, -0.05) is 11.6 Å². The van der Waals surface area contributed by atoms with Crippen molar-refractivity contribution in [1.82, 2.24) is 0 Å². The molecule has 0 bridgehead atoms. The van der Waals surface area contributed by atoms with Gasteiger partial charge in [0.2, 0.25) is 0 Å². The van der Waals surface area contributed by atoms with E-state index in [0.717, 1.165) is 0 Å². The number of ether oxygens (including phenoxy) is 4. The van der Waals surface area contributed by atoms with E-state index in [2.05, 4.69) is 4.74 Å². The number of rotatable bonds is 6. The lowest BCUT2D eigenvalue weighted by atomic mass is 10.4. The molecule has 84 valence electrons. The number of hydrogen-bond acceptors (Lipinski definition) is 5. The molecule has 0 fully saturated rings. The van der Waals surface area contributed by atoms with Crippen LogP contribution in [0.15, 0.2) is 0 Å². The molecule has 0 saturated heterocycles. The normalized spacial score (nSPS) is 12.6. The minimum atomic E-state index is -0.827. The van der Waals surface area contributed by atoms with E-state index in [-0.39, 0.29) is 13.2 Å². The van der Waals surface area contributed by atoms with E-state index in [1.807, 2.05) is 0 Å². The van der Waals surface area contributed by atoms with Crippen molar-refractivity contribution in [2.45, 2.75) is 18.6 Å². The summed E-state index contributed by atoms with van der Waals surface area (Å²) < 4.78 is 19.0. The maximum atomic E-state index is 11.0. The highest BCUT2D eigenvalue weighted by Gasteiger charge is 2.16. The molecule has 14 heavy (non-hydrogen) atoms. The molecule has 1 unspecified atom stereocenters. The highest BCUT2D eigenvalue weighted by Crippen LogP contribution is 2.02. The van der Waals surface area contributed by atoms with Crippen LogP contribution in [0.5, 0.6) is 0 Å². The Labute approximate surface area is 88.2 Å². The monoisotopic (exact) mass is 226 g/mol. The largest absolute Gasteiger partial charge is 0.510 e. The lowest BCUT2D eigenvalue weighted by molar-refractivity contribution is -0.0371. The number of carbonyl (C=O) groups excluding carboxylic acids is 1. The van der Waals surface area contributed by atoms with Gasteiger partial charge in [-0.25, -0.2) is 4.79 Å². The fourth-order valence-electron chi connectivity index (χ4n) is 0.784. The molecular weight excluding hydrogens is 212 g/mol. The predicted molar refractivity (Wildman–Crippen MR) is 50.4 cm³/mol. The number of carbonyl (C=O) groups is 1. The molecule has 0 rings (SSSR count). The van der Waals surface area contributed by atoms with Crippen LogP contribution in [0.2, 0.25) is 0 Å². The number of hydrogen-bond donors (Lipinski definition) is 0. The second kappa shape index (κ2) is 7.84. The van der Waals surface area contributed by atoms with Crippen LogP contribution in [0, 0.1) is 0 Å². The molecule has 5 nitrogen and oxygen atoms in total. The summed E-state index contributed by atoms with van der Waals surface area (Å²) >= 11 is 5.42. The summed E-state index contributed by atoms with van der Waals surface area (Å²) in [6.45, 7) is 2.02. The predicted octanol–water partition coefficient (Wildman–Crippen LogP) is 1.39. The van der Waals surface area contributed by atoms with E-state index >= 15 is 0 Å². The molecule has 0 amide bonds. The van der Waals surface area contributed by atoms with Crippen LogP contribution in [0.3, 0.4) is 0 Å². The Morgan fingerprint density at radius 1 is 1.21 bits per heavy atom. The van der Waals surface area contributed by atoms with Crippen LogP contribution >= 0.6 is 11.6 Å². The van der Waals surface area contributed by atoms with E-state index < -0.39 is 17.8 Å². The van der Waals surface area contributed by atoms with Crippen LogP contribution in [0.1, 0.15) is 6.92 Å². The Morgan fingerprint density at radius 3 is 2.07 bits per heavy atom. The lowest BCUT2D eigenvalue weighted by Crippen LogP contribution is -2.28. The average Bonchev–Trinajstić information content (AvgIpc) is 2.03. The Morgan fingerprint density at radius 2 is 1.71 bits per heavy atom. The zero-order valence-electron chi connectivity index (χ0n) is 8.49. The van der Waals surface area contributed by atoms with E-state index in [1.54, 1.807) is 0 Å². The van der Waals surface area contributed by atoms with Gasteiger partial charge in [-0.3, -0.25) is 0 Å². The third-order valence-electron chi connectivity index (χ3n) is 1.23. The van der Waals surface area contributed by atoms with Crippen LogP contribution < -0.4 is 0 Å². The summed E-state index contributed by atoms with van der Waals surface area (Å²) in [6, 6.07) is 0. The highest BCUT2D eigenvalue weighted by molar-refractivity contribution is 6.19. The molecular formula is C8H15ClO5. The van der Waals surface area contributed by atoms with Gasteiger partial charge in [0.15, 0.2) is 11.7 Å². The van der Waals surface area contributed by atoms with Crippen molar-refractivity contribution in [1.29, 1.82) is 0 Å². The molecule has 6 heteroatoms. The first-order valence-electron chi connectivity index (χ1n) is 4.09. The maximum absolute atomic E-state index is 11.0. The van der Waals surface area contributed by atoms with E-state index in [9.17, 15) is 4.79 Å². The summed E-state index contributed by atoms with van der Waals surface area (Å²) in [5.74, 6) is 0. The quantitative estimate of drug-likeness (QED) is 0.506. The Bertz CT molecular complexity index is 156. The average molecular weight is 227 g/mol. The van der Waals surface area contributed by atoms with Crippen LogP contribution in [-0.2, 0) is 18.9 Å². The minimum absolute atomic E-state index is 0.250. The molecule has 0 radical (unpaired) electrons. The fraction of sp³-hybridized carbons (Fsp3) is 0.875. The topological polar surface area (TPSA) is 54.0 Å². The molecule has 0 aliphatic heterocycles. The van der Waals surface area contributed by atoms with Crippen LogP contribution in [-0.4, -0.2) is 45.3 Å². The number of methoxy groups -OCH3 is 2. The van der Waals surface area contributed by atoms with Crippen molar-refractivity contribution in [3.05, 3.63) is 0 Å². The minimum Gasteiger partial charge on any atom is -0.426 e. The molecule has 0 spiro atoms. The molecule has 0 aliphatic rings. The molecule has 0 N–H and O–H groups in total. The van der Waals surface area contributed by atoms with Gasteiger partial charge in [0, 0.05) is 14.2 Å². The molecule has 0 saturated carbocycles. The first kappa shape index (κ1) is 13.5. The third kappa shape index (κ3) is 6.94. The van der Waals surface area contributed by atoms with Gasteiger partial charge < -0.3 is 18.9 Å². The van der Waals surface area contributed by atoms with Gasteiger partial charge in [-0.05, 0) is 6.92 Å². The summed E-state index contributed by atoms with van der Waals surface area (Å²) in [5.41, 5.74) is -0.715. The molecule has 0 heterocycles.